The van der Waals surface area contributed by atoms with Crippen LogP contribution >= 0.6 is 67.3 Å². The van der Waals surface area contributed by atoms with Crippen molar-refractivity contribution in [3.63, 3.8) is 0 Å². The molecule has 0 radical (unpaired) electrons. The maximum absolute atomic E-state index is 11.2. The lowest BCUT2D eigenvalue weighted by molar-refractivity contribution is 0.597. The van der Waals surface area contributed by atoms with E-state index in [1.807, 2.05) is 19.1 Å². The molecule has 16 heavy (non-hydrogen) atoms. The Kier molecular flexibility index (Phi) is 7.39. The fourth-order valence-electron chi connectivity index (χ4n) is 0.855. The van der Waals surface area contributed by atoms with E-state index in [-0.39, 0.29) is 0 Å². The lowest BCUT2D eigenvalue weighted by atomic mass is 10.2. The highest BCUT2D eigenvalue weighted by molar-refractivity contribution is 8.24. The van der Waals surface area contributed by atoms with Crippen molar-refractivity contribution < 1.29 is 9.13 Å². The molecule has 0 saturated carbocycles. The molecule has 0 heterocycles. The monoisotopic (exact) mass is 360 g/mol. The molecule has 1 aromatic carbocycles. The molecular weight excluding hydrogens is 355 g/mol. The van der Waals surface area contributed by atoms with Crippen LogP contribution in [0.25, 0.3) is 0 Å². The van der Waals surface area contributed by atoms with E-state index in [0.717, 1.165) is 5.56 Å². The summed E-state index contributed by atoms with van der Waals surface area (Å²) in [5.74, 6) is -3.11. The van der Waals surface area contributed by atoms with Gasteiger partial charge in [0.05, 0.1) is 0 Å². The summed E-state index contributed by atoms with van der Waals surface area (Å²) in [6, 6.07) is 7.12. The van der Waals surface area contributed by atoms with Gasteiger partial charge in [0.25, 0.3) is 5.85 Å². The summed E-state index contributed by atoms with van der Waals surface area (Å²) in [6.45, 7) is 1.83. The van der Waals surface area contributed by atoms with E-state index in [2.05, 4.69) is 33.7 Å². The van der Waals surface area contributed by atoms with Crippen molar-refractivity contribution in [1.29, 1.82) is 0 Å². The molecule has 0 amide bonds. The molecule has 0 spiro atoms. The van der Waals surface area contributed by atoms with Crippen LogP contribution in [0.1, 0.15) is 5.56 Å². The maximum Gasteiger partial charge on any atom is 0.339 e. The molecule has 0 N–H and O–H groups in total. The smallest absolute Gasteiger partial charge is 0.284 e. The third kappa shape index (κ3) is 9.19. The fourth-order valence-corrected chi connectivity index (χ4v) is 2.74. The van der Waals surface area contributed by atoms with Crippen LogP contribution in [0.3, 0.4) is 0 Å². The van der Waals surface area contributed by atoms with E-state index in [1.54, 1.807) is 12.1 Å². The average molecular weight is 362 g/mol. The molecule has 0 fully saturated rings. The predicted molar refractivity (Wildman–Crippen MR) is 75.3 cm³/mol. The summed E-state index contributed by atoms with van der Waals surface area (Å²) < 4.78 is 20.7. The first-order valence-corrected chi connectivity index (χ1v) is 11.7. The Morgan fingerprint density at radius 1 is 0.938 bits per heavy atom. The van der Waals surface area contributed by atoms with Crippen LogP contribution in [0.15, 0.2) is 24.3 Å². The van der Waals surface area contributed by atoms with E-state index in [1.165, 1.54) is 0 Å². The summed E-state index contributed by atoms with van der Waals surface area (Å²) >= 11 is 24.8. The first-order valence-electron chi connectivity index (χ1n) is 3.76. The van der Waals surface area contributed by atoms with Crippen molar-refractivity contribution in [2.75, 3.05) is 0 Å². The Morgan fingerprint density at radius 2 is 1.31 bits per heavy atom. The Balaban J connectivity index is 0.000000385. The molecule has 92 valence electrons. The number of hydrogen-bond acceptors (Lipinski definition) is 2. The van der Waals surface area contributed by atoms with E-state index < -0.39 is 11.0 Å². The summed E-state index contributed by atoms with van der Waals surface area (Å²) in [5.41, 5.74) is 0.862. The van der Waals surface area contributed by atoms with E-state index in [0.29, 0.717) is 5.30 Å². The molecular formula is C7H7Cl5O2P2. The van der Waals surface area contributed by atoms with Crippen LogP contribution in [-0.4, -0.2) is 0 Å². The molecule has 0 saturated heterocycles. The molecule has 0 aromatic heterocycles. The van der Waals surface area contributed by atoms with Crippen LogP contribution in [0.5, 0.6) is 0 Å². The predicted octanol–water partition coefficient (Wildman–Crippen LogP) is 6.10. The van der Waals surface area contributed by atoms with Gasteiger partial charge in [0.15, 0.2) is 0 Å². The minimum atomic E-state index is -3.22. The van der Waals surface area contributed by atoms with Crippen molar-refractivity contribution in [3.8, 4) is 0 Å². The second-order valence-corrected chi connectivity index (χ2v) is 14.1. The van der Waals surface area contributed by atoms with E-state index in [9.17, 15) is 9.13 Å². The third-order valence-electron chi connectivity index (χ3n) is 1.40. The summed E-state index contributed by atoms with van der Waals surface area (Å²) in [5, 5.41) is -2.69. The van der Waals surface area contributed by atoms with Crippen molar-refractivity contribution in [2.24, 2.45) is 0 Å². The van der Waals surface area contributed by atoms with Crippen LogP contribution in [-0.2, 0) is 9.13 Å². The number of benzene rings is 1. The summed E-state index contributed by atoms with van der Waals surface area (Å²) in [7, 11) is 0. The number of hydrogen-bond donors (Lipinski definition) is 0. The number of halogens is 5. The number of aryl methyl sites for hydroxylation is 1. The van der Waals surface area contributed by atoms with Gasteiger partial charge in [0.2, 0.25) is 0 Å². The second kappa shape index (κ2) is 6.90. The molecule has 1 rings (SSSR count). The maximum atomic E-state index is 11.2. The third-order valence-corrected chi connectivity index (χ3v) is 3.55. The molecule has 1 aromatic rings. The highest BCUT2D eigenvalue weighted by Gasteiger charge is 2.18. The zero-order chi connectivity index (χ0) is 13.0. The molecule has 2 nitrogen and oxygen atoms in total. The lowest BCUT2D eigenvalue weighted by Crippen LogP contribution is -2.00. The van der Waals surface area contributed by atoms with Crippen molar-refractivity contribution in [3.05, 3.63) is 29.8 Å². The van der Waals surface area contributed by atoms with E-state index >= 15 is 0 Å². The fraction of sp³-hybridized carbons (Fsp3) is 0.143. The van der Waals surface area contributed by atoms with Gasteiger partial charge in [0.1, 0.15) is 0 Å². The zero-order valence-corrected chi connectivity index (χ0v) is 13.5. The van der Waals surface area contributed by atoms with Crippen LogP contribution in [0.2, 0.25) is 0 Å². The Hall–Kier alpha value is 1.13. The Bertz CT molecular complexity index is 430. The van der Waals surface area contributed by atoms with Gasteiger partial charge in [-0.05, 0) is 74.8 Å². The van der Waals surface area contributed by atoms with Crippen LogP contribution in [0, 0.1) is 6.92 Å². The van der Waals surface area contributed by atoms with Crippen molar-refractivity contribution in [2.45, 2.75) is 6.92 Å². The molecule has 0 aliphatic carbocycles. The topological polar surface area (TPSA) is 34.1 Å². The van der Waals surface area contributed by atoms with Crippen molar-refractivity contribution >= 4 is 72.6 Å². The zero-order valence-electron chi connectivity index (χ0n) is 7.91. The van der Waals surface area contributed by atoms with Crippen molar-refractivity contribution in [1.82, 2.24) is 0 Å². The van der Waals surface area contributed by atoms with Gasteiger partial charge in [-0.2, -0.15) is 0 Å². The van der Waals surface area contributed by atoms with Crippen LogP contribution in [0.4, 0.5) is 0 Å². The second-order valence-electron chi connectivity index (χ2n) is 2.65. The quantitative estimate of drug-likeness (QED) is 0.566. The standard InChI is InChI=1S/C7H7Cl2OP.Cl3OP/c1-6-4-2-3-5-7(6)11(8,9)10;1-5(2,3)4/h2-5H,1H3;. The SMILES string of the molecule is Cc1ccccc1P(=O)(Cl)Cl.O=P(Cl)(Cl)Cl. The minimum absolute atomic E-state index is 0.531. The largest absolute Gasteiger partial charge is 0.339 e. The first kappa shape index (κ1) is 17.1. The lowest BCUT2D eigenvalue weighted by Gasteiger charge is -2.04. The van der Waals surface area contributed by atoms with Gasteiger partial charge >= 0.3 is 5.20 Å². The van der Waals surface area contributed by atoms with Gasteiger partial charge < -0.3 is 0 Å². The molecule has 0 unspecified atom stereocenters. The van der Waals surface area contributed by atoms with Gasteiger partial charge in [-0.25, -0.2) is 0 Å². The van der Waals surface area contributed by atoms with Crippen LogP contribution < -0.4 is 5.30 Å². The van der Waals surface area contributed by atoms with Gasteiger partial charge in [0, 0.05) is 5.30 Å². The normalized spacial score (nSPS) is 11.6. The van der Waals surface area contributed by atoms with Gasteiger partial charge in [-0.3, -0.25) is 9.13 Å². The molecule has 9 heteroatoms. The highest BCUT2D eigenvalue weighted by atomic mass is 36.0. The molecule has 0 atom stereocenters. The highest BCUT2D eigenvalue weighted by Crippen LogP contribution is 2.61. The van der Waals surface area contributed by atoms with E-state index in [4.69, 9.17) is 22.5 Å². The Morgan fingerprint density at radius 3 is 1.56 bits per heavy atom. The first-order chi connectivity index (χ1) is 7.02. The Labute approximate surface area is 118 Å². The minimum Gasteiger partial charge on any atom is -0.284 e. The summed E-state index contributed by atoms with van der Waals surface area (Å²) in [6.07, 6.45) is 0. The molecule has 0 bridgehead atoms. The van der Waals surface area contributed by atoms with Gasteiger partial charge in [-0.1, -0.05) is 18.2 Å². The average Bonchev–Trinajstić information content (AvgIpc) is 1.99. The summed E-state index contributed by atoms with van der Waals surface area (Å²) in [4.78, 5) is 0. The number of rotatable bonds is 1. The molecule has 0 aliphatic heterocycles. The van der Waals surface area contributed by atoms with Gasteiger partial charge in [-0.15, -0.1) is 0 Å². The molecule has 0 aliphatic rings.